The molecule has 2 amide bonds. The summed E-state index contributed by atoms with van der Waals surface area (Å²) >= 11 is 0. The Morgan fingerprint density at radius 1 is 1.25 bits per heavy atom. The lowest BCUT2D eigenvalue weighted by molar-refractivity contribution is -0.141. The number of hydrogen-bond acceptors (Lipinski definition) is 4. The highest BCUT2D eigenvalue weighted by atomic mass is 16.4. The third-order valence-corrected chi connectivity index (χ3v) is 3.78. The van der Waals surface area contributed by atoms with Crippen LogP contribution in [0.4, 0.5) is 0 Å². The van der Waals surface area contributed by atoms with E-state index in [1.54, 1.807) is 6.20 Å². The monoisotopic (exact) mass is 332 g/mol. The molecular formula is C16H20N4O4. The van der Waals surface area contributed by atoms with Gasteiger partial charge in [0.15, 0.2) is 0 Å². The lowest BCUT2D eigenvalue weighted by Crippen LogP contribution is -2.43. The third kappa shape index (κ3) is 4.32. The number of H-pyrrole nitrogens is 1. The molecule has 8 nitrogen and oxygen atoms in total. The summed E-state index contributed by atoms with van der Waals surface area (Å²) in [6, 6.07) is 5.51. The van der Waals surface area contributed by atoms with Gasteiger partial charge in [-0.3, -0.25) is 9.59 Å². The first-order valence-corrected chi connectivity index (χ1v) is 7.50. The summed E-state index contributed by atoms with van der Waals surface area (Å²) in [5.74, 6) is -2.32. The number of para-hydroxylation sites is 1. The topological polar surface area (TPSA) is 151 Å². The molecule has 0 saturated heterocycles. The van der Waals surface area contributed by atoms with Crippen LogP contribution in [0.5, 0.6) is 0 Å². The number of primary amides is 1. The molecule has 0 spiro atoms. The quantitative estimate of drug-likeness (QED) is 0.456. The van der Waals surface area contributed by atoms with Gasteiger partial charge in [-0.05, 0) is 18.1 Å². The first kappa shape index (κ1) is 17.5. The molecule has 24 heavy (non-hydrogen) atoms. The summed E-state index contributed by atoms with van der Waals surface area (Å²) in [4.78, 5) is 37.2. The van der Waals surface area contributed by atoms with Crippen LogP contribution in [0.15, 0.2) is 30.5 Å². The molecule has 0 unspecified atom stereocenters. The second-order valence-corrected chi connectivity index (χ2v) is 5.57. The number of carboxylic acids is 1. The van der Waals surface area contributed by atoms with Gasteiger partial charge in [-0.2, -0.15) is 0 Å². The number of carboxylic acid groups (broad SMARTS) is 1. The summed E-state index contributed by atoms with van der Waals surface area (Å²) < 4.78 is 0. The van der Waals surface area contributed by atoms with E-state index in [4.69, 9.17) is 11.5 Å². The second kappa shape index (κ2) is 7.60. The van der Waals surface area contributed by atoms with E-state index in [0.29, 0.717) is 0 Å². The fraction of sp³-hybridized carbons (Fsp3) is 0.312. The molecule has 0 fully saturated rings. The van der Waals surface area contributed by atoms with Gasteiger partial charge in [-0.25, -0.2) is 4.79 Å². The number of benzene rings is 1. The summed E-state index contributed by atoms with van der Waals surface area (Å²) in [5.41, 5.74) is 12.2. The number of fused-ring (bicyclic) bond motifs is 1. The van der Waals surface area contributed by atoms with Crippen LogP contribution in [0.3, 0.4) is 0 Å². The van der Waals surface area contributed by atoms with E-state index in [0.717, 1.165) is 16.5 Å². The Morgan fingerprint density at radius 2 is 1.96 bits per heavy atom. The Hall–Kier alpha value is -2.87. The van der Waals surface area contributed by atoms with Crippen LogP contribution in [0.2, 0.25) is 0 Å². The van der Waals surface area contributed by atoms with Gasteiger partial charge in [0.2, 0.25) is 11.8 Å². The highest BCUT2D eigenvalue weighted by Gasteiger charge is 2.22. The van der Waals surface area contributed by atoms with Gasteiger partial charge in [0, 0.05) is 29.9 Å². The molecule has 2 atom stereocenters. The van der Waals surface area contributed by atoms with Gasteiger partial charge in [-0.1, -0.05) is 18.2 Å². The van der Waals surface area contributed by atoms with E-state index in [-0.39, 0.29) is 19.3 Å². The number of amides is 2. The van der Waals surface area contributed by atoms with Crippen LogP contribution >= 0.6 is 0 Å². The minimum Gasteiger partial charge on any atom is -0.480 e. The SMILES string of the molecule is NC(=O)[C@@H](N)CCC(=O)N[C@@H](Cc1c[nH]c2ccccc12)C(=O)O. The van der Waals surface area contributed by atoms with Gasteiger partial charge in [0.05, 0.1) is 6.04 Å². The van der Waals surface area contributed by atoms with E-state index in [1.807, 2.05) is 24.3 Å². The van der Waals surface area contributed by atoms with Crippen molar-refractivity contribution in [2.75, 3.05) is 0 Å². The number of aromatic nitrogens is 1. The summed E-state index contributed by atoms with van der Waals surface area (Å²) in [6.45, 7) is 0. The standard InChI is InChI=1S/C16H20N4O4/c17-11(15(18)22)5-6-14(21)20-13(16(23)24)7-9-8-19-12-4-2-1-3-10(9)12/h1-4,8,11,13,19H,5-7,17H2,(H2,18,22)(H,20,21)(H,23,24)/t11-,13-/m0/s1. The molecule has 0 saturated carbocycles. The summed E-state index contributed by atoms with van der Waals surface area (Å²) in [7, 11) is 0. The molecule has 0 aliphatic carbocycles. The molecule has 1 aromatic carbocycles. The normalized spacial score (nSPS) is 13.4. The maximum absolute atomic E-state index is 11.9. The second-order valence-electron chi connectivity index (χ2n) is 5.57. The van der Waals surface area contributed by atoms with Gasteiger partial charge in [-0.15, -0.1) is 0 Å². The Morgan fingerprint density at radius 3 is 2.62 bits per heavy atom. The van der Waals surface area contributed by atoms with Crippen LogP contribution in [-0.4, -0.2) is 40.0 Å². The van der Waals surface area contributed by atoms with Crippen molar-refractivity contribution in [1.82, 2.24) is 10.3 Å². The number of aliphatic carboxylic acids is 1. The number of rotatable bonds is 8. The first-order valence-electron chi connectivity index (χ1n) is 7.50. The Kier molecular flexibility index (Phi) is 5.54. The average molecular weight is 332 g/mol. The van der Waals surface area contributed by atoms with Gasteiger partial charge in [0.25, 0.3) is 0 Å². The largest absolute Gasteiger partial charge is 0.480 e. The summed E-state index contributed by atoms with van der Waals surface area (Å²) in [5, 5.41) is 12.7. The smallest absolute Gasteiger partial charge is 0.326 e. The minimum atomic E-state index is -1.13. The molecule has 128 valence electrons. The van der Waals surface area contributed by atoms with Crippen molar-refractivity contribution in [2.24, 2.45) is 11.5 Å². The minimum absolute atomic E-state index is 0.0677. The number of aromatic amines is 1. The predicted octanol–water partition coefficient (Wildman–Crippen LogP) is -0.127. The molecule has 1 heterocycles. The fourth-order valence-electron chi connectivity index (χ4n) is 2.42. The van der Waals surface area contributed by atoms with Crippen LogP contribution in [0.1, 0.15) is 18.4 Å². The van der Waals surface area contributed by atoms with Crippen molar-refractivity contribution in [1.29, 1.82) is 0 Å². The van der Waals surface area contributed by atoms with Crippen LogP contribution in [0.25, 0.3) is 10.9 Å². The molecule has 2 aromatic rings. The molecule has 8 heteroatoms. The third-order valence-electron chi connectivity index (χ3n) is 3.78. The van der Waals surface area contributed by atoms with Crippen molar-refractivity contribution in [2.45, 2.75) is 31.3 Å². The number of carbonyl (C=O) groups excluding carboxylic acids is 2. The van der Waals surface area contributed by atoms with Crippen molar-refractivity contribution in [3.63, 3.8) is 0 Å². The Labute approximate surface area is 138 Å². The van der Waals surface area contributed by atoms with E-state index in [2.05, 4.69) is 10.3 Å². The molecule has 1 aromatic heterocycles. The molecule has 0 aliphatic rings. The van der Waals surface area contributed by atoms with Gasteiger partial charge < -0.3 is 26.9 Å². The molecule has 2 rings (SSSR count). The maximum atomic E-state index is 11.9. The van der Waals surface area contributed by atoms with E-state index >= 15 is 0 Å². The molecule has 0 radical (unpaired) electrons. The van der Waals surface area contributed by atoms with Crippen LogP contribution in [0, 0.1) is 0 Å². The summed E-state index contributed by atoms with van der Waals surface area (Å²) in [6.07, 6.45) is 1.88. The Balaban J connectivity index is 2.01. The molecular weight excluding hydrogens is 312 g/mol. The van der Waals surface area contributed by atoms with Crippen LogP contribution in [-0.2, 0) is 20.8 Å². The van der Waals surface area contributed by atoms with E-state index in [1.165, 1.54) is 0 Å². The zero-order valence-corrected chi connectivity index (χ0v) is 13.0. The van der Waals surface area contributed by atoms with Gasteiger partial charge in [0.1, 0.15) is 6.04 Å². The van der Waals surface area contributed by atoms with Gasteiger partial charge >= 0.3 is 5.97 Å². The highest BCUT2D eigenvalue weighted by Crippen LogP contribution is 2.19. The van der Waals surface area contributed by atoms with Crippen molar-refractivity contribution >= 4 is 28.7 Å². The zero-order valence-electron chi connectivity index (χ0n) is 13.0. The van der Waals surface area contributed by atoms with Crippen molar-refractivity contribution in [3.8, 4) is 0 Å². The number of hydrogen-bond donors (Lipinski definition) is 5. The predicted molar refractivity (Wildman–Crippen MR) is 88.0 cm³/mol. The fourth-order valence-corrected chi connectivity index (χ4v) is 2.42. The molecule has 0 aliphatic heterocycles. The van der Waals surface area contributed by atoms with E-state index < -0.39 is 29.9 Å². The van der Waals surface area contributed by atoms with Crippen LogP contribution < -0.4 is 16.8 Å². The maximum Gasteiger partial charge on any atom is 0.326 e. The highest BCUT2D eigenvalue weighted by molar-refractivity contribution is 5.87. The zero-order chi connectivity index (χ0) is 17.7. The van der Waals surface area contributed by atoms with Crippen molar-refractivity contribution in [3.05, 3.63) is 36.0 Å². The lowest BCUT2D eigenvalue weighted by atomic mass is 10.0. The lowest BCUT2D eigenvalue weighted by Gasteiger charge is -2.15. The number of nitrogens with two attached hydrogens (primary N) is 2. The number of carbonyl (C=O) groups is 3. The molecule has 0 bridgehead atoms. The van der Waals surface area contributed by atoms with E-state index in [9.17, 15) is 19.5 Å². The number of nitrogens with one attached hydrogen (secondary N) is 2. The first-order chi connectivity index (χ1) is 11.4. The van der Waals surface area contributed by atoms with Crippen molar-refractivity contribution < 1.29 is 19.5 Å². The average Bonchev–Trinajstić information content (AvgIpc) is 2.95. The Bertz CT molecular complexity index is 755. The molecule has 7 N–H and O–H groups in total.